The minimum atomic E-state index is -0.430. The minimum Gasteiger partial charge on any atom is -0.392 e. The van der Waals surface area contributed by atoms with Crippen molar-refractivity contribution in [1.29, 1.82) is 5.26 Å². The molecular formula is C12H8Cl2N4O. The first-order valence-corrected chi connectivity index (χ1v) is 5.97. The summed E-state index contributed by atoms with van der Waals surface area (Å²) in [6, 6.07) is 6.82. The number of hydrogen-bond donors (Lipinski definition) is 1. The van der Waals surface area contributed by atoms with Gasteiger partial charge in [0.05, 0.1) is 24.5 Å². The largest absolute Gasteiger partial charge is 0.392 e. The van der Waals surface area contributed by atoms with Crippen molar-refractivity contribution in [3.63, 3.8) is 0 Å². The van der Waals surface area contributed by atoms with E-state index < -0.39 is 5.56 Å². The van der Waals surface area contributed by atoms with Crippen LogP contribution in [0.3, 0.4) is 0 Å². The minimum absolute atomic E-state index is 0.0211. The maximum Gasteiger partial charge on any atom is 0.278 e. The molecule has 2 N–H and O–H groups in total. The van der Waals surface area contributed by atoms with Crippen molar-refractivity contribution < 1.29 is 0 Å². The van der Waals surface area contributed by atoms with E-state index in [1.165, 1.54) is 17.0 Å². The van der Waals surface area contributed by atoms with Crippen molar-refractivity contribution in [2.75, 3.05) is 5.73 Å². The molecular weight excluding hydrogens is 287 g/mol. The molecule has 7 heteroatoms. The highest BCUT2D eigenvalue weighted by Gasteiger charge is 2.08. The SMILES string of the molecule is N#Cc1ccc(Cn2cnc(Cl)c(N)c2=O)c(Cl)c1. The van der Waals surface area contributed by atoms with Crippen molar-refractivity contribution >= 4 is 28.9 Å². The molecule has 96 valence electrons. The highest BCUT2D eigenvalue weighted by atomic mass is 35.5. The molecule has 0 aliphatic rings. The van der Waals surface area contributed by atoms with Crippen LogP contribution in [0.25, 0.3) is 0 Å². The van der Waals surface area contributed by atoms with Gasteiger partial charge in [0.1, 0.15) is 5.69 Å². The van der Waals surface area contributed by atoms with Crippen molar-refractivity contribution in [1.82, 2.24) is 9.55 Å². The first-order valence-electron chi connectivity index (χ1n) is 5.22. The number of benzene rings is 1. The number of nitrogen functional groups attached to an aromatic ring is 1. The molecule has 0 spiro atoms. The van der Waals surface area contributed by atoms with Gasteiger partial charge >= 0.3 is 0 Å². The third-order valence-electron chi connectivity index (χ3n) is 2.55. The van der Waals surface area contributed by atoms with E-state index in [0.29, 0.717) is 16.1 Å². The number of nitrogens with zero attached hydrogens (tertiary/aromatic N) is 3. The van der Waals surface area contributed by atoms with Gasteiger partial charge in [-0.25, -0.2) is 4.98 Å². The molecule has 0 atom stereocenters. The lowest BCUT2D eigenvalue weighted by atomic mass is 10.1. The zero-order valence-corrected chi connectivity index (χ0v) is 11.1. The normalized spacial score (nSPS) is 10.2. The number of anilines is 1. The molecule has 2 aromatic rings. The Labute approximate surface area is 118 Å². The average molecular weight is 295 g/mol. The molecule has 0 radical (unpaired) electrons. The Balaban J connectivity index is 2.40. The van der Waals surface area contributed by atoms with E-state index in [1.54, 1.807) is 12.1 Å². The lowest BCUT2D eigenvalue weighted by Crippen LogP contribution is -2.24. The third kappa shape index (κ3) is 2.70. The van der Waals surface area contributed by atoms with Gasteiger partial charge in [-0.1, -0.05) is 29.3 Å². The summed E-state index contributed by atoms with van der Waals surface area (Å²) in [4.78, 5) is 15.7. The van der Waals surface area contributed by atoms with E-state index in [0.717, 1.165) is 0 Å². The molecule has 1 aromatic heterocycles. The molecule has 0 aliphatic heterocycles. The standard InChI is InChI=1S/C12H8Cl2N4O/c13-9-3-7(4-15)1-2-8(9)5-18-6-17-11(14)10(16)12(18)19/h1-3,6H,5,16H2. The van der Waals surface area contributed by atoms with Crippen LogP contribution in [0.4, 0.5) is 5.69 Å². The zero-order chi connectivity index (χ0) is 14.0. The van der Waals surface area contributed by atoms with E-state index in [2.05, 4.69) is 4.98 Å². The summed E-state index contributed by atoms with van der Waals surface area (Å²) in [6.45, 7) is 0.206. The van der Waals surface area contributed by atoms with Gasteiger partial charge in [-0.3, -0.25) is 9.36 Å². The van der Waals surface area contributed by atoms with E-state index in [4.69, 9.17) is 34.2 Å². The van der Waals surface area contributed by atoms with E-state index in [-0.39, 0.29) is 17.4 Å². The topological polar surface area (TPSA) is 84.7 Å². The Morgan fingerprint density at radius 2 is 2.16 bits per heavy atom. The van der Waals surface area contributed by atoms with Crippen LogP contribution in [-0.2, 0) is 6.54 Å². The molecule has 19 heavy (non-hydrogen) atoms. The summed E-state index contributed by atoms with van der Waals surface area (Å²) in [5.41, 5.74) is 6.12. The predicted molar refractivity (Wildman–Crippen MR) is 73.2 cm³/mol. The molecule has 0 amide bonds. The molecule has 1 heterocycles. The highest BCUT2D eigenvalue weighted by molar-refractivity contribution is 6.31. The first-order chi connectivity index (χ1) is 9.02. The van der Waals surface area contributed by atoms with Crippen molar-refractivity contribution in [2.24, 2.45) is 0 Å². The average Bonchev–Trinajstić information content (AvgIpc) is 2.41. The maximum absolute atomic E-state index is 11.8. The van der Waals surface area contributed by atoms with Crippen LogP contribution in [-0.4, -0.2) is 9.55 Å². The molecule has 0 saturated carbocycles. The number of hydrogen-bond acceptors (Lipinski definition) is 4. The highest BCUT2D eigenvalue weighted by Crippen LogP contribution is 2.18. The van der Waals surface area contributed by atoms with Crippen LogP contribution in [0.2, 0.25) is 10.2 Å². The Bertz CT molecular complexity index is 733. The van der Waals surface area contributed by atoms with E-state index in [1.807, 2.05) is 6.07 Å². The lowest BCUT2D eigenvalue weighted by Gasteiger charge is -2.08. The van der Waals surface area contributed by atoms with Crippen LogP contribution in [0, 0.1) is 11.3 Å². The molecule has 0 bridgehead atoms. The Morgan fingerprint density at radius 3 is 2.79 bits per heavy atom. The summed E-state index contributed by atoms with van der Waals surface area (Å²) < 4.78 is 1.30. The monoisotopic (exact) mass is 294 g/mol. The van der Waals surface area contributed by atoms with Gasteiger partial charge in [-0.2, -0.15) is 5.26 Å². The molecule has 0 fully saturated rings. The predicted octanol–water partition coefficient (Wildman–Crippen LogP) is 2.05. The fourth-order valence-electron chi connectivity index (χ4n) is 1.53. The summed E-state index contributed by atoms with van der Waals surface area (Å²) in [5.74, 6) is 0. The number of aromatic nitrogens is 2. The quantitative estimate of drug-likeness (QED) is 0.859. The number of rotatable bonds is 2. The number of halogens is 2. The second-order valence-electron chi connectivity index (χ2n) is 3.80. The summed E-state index contributed by atoms with van der Waals surface area (Å²) in [5, 5.41) is 9.13. The van der Waals surface area contributed by atoms with Gasteiger partial charge in [0.2, 0.25) is 0 Å². The van der Waals surface area contributed by atoms with Gasteiger partial charge in [0, 0.05) is 5.02 Å². The van der Waals surface area contributed by atoms with Crippen molar-refractivity contribution in [3.05, 3.63) is 56.2 Å². The molecule has 1 aromatic carbocycles. The zero-order valence-electron chi connectivity index (χ0n) is 9.60. The van der Waals surface area contributed by atoms with Crippen LogP contribution in [0.15, 0.2) is 29.3 Å². The number of nitrogens with two attached hydrogens (primary N) is 1. The summed E-state index contributed by atoms with van der Waals surface area (Å²) in [6.07, 6.45) is 1.30. The lowest BCUT2D eigenvalue weighted by molar-refractivity contribution is 0.739. The number of nitriles is 1. The Morgan fingerprint density at radius 1 is 1.42 bits per heavy atom. The second-order valence-corrected chi connectivity index (χ2v) is 4.57. The fraction of sp³-hybridized carbons (Fsp3) is 0.0833. The van der Waals surface area contributed by atoms with E-state index >= 15 is 0 Å². The second kappa shape index (κ2) is 5.31. The van der Waals surface area contributed by atoms with Crippen molar-refractivity contribution in [2.45, 2.75) is 6.54 Å². The van der Waals surface area contributed by atoms with Crippen molar-refractivity contribution in [3.8, 4) is 6.07 Å². The smallest absolute Gasteiger partial charge is 0.278 e. The van der Waals surface area contributed by atoms with Gasteiger partial charge < -0.3 is 5.73 Å². The van der Waals surface area contributed by atoms with Crippen LogP contribution >= 0.6 is 23.2 Å². The van der Waals surface area contributed by atoms with Crippen LogP contribution in [0.5, 0.6) is 0 Å². The summed E-state index contributed by atoms with van der Waals surface area (Å²) >= 11 is 11.7. The Kier molecular flexibility index (Phi) is 3.74. The Hall–Kier alpha value is -2.03. The van der Waals surface area contributed by atoms with Gasteiger partial charge in [-0.05, 0) is 17.7 Å². The molecule has 2 rings (SSSR count). The van der Waals surface area contributed by atoms with Crippen LogP contribution < -0.4 is 11.3 Å². The third-order valence-corrected chi connectivity index (χ3v) is 3.20. The van der Waals surface area contributed by atoms with Gasteiger partial charge in [0.25, 0.3) is 5.56 Å². The maximum atomic E-state index is 11.8. The van der Waals surface area contributed by atoms with Gasteiger partial charge in [0.15, 0.2) is 5.15 Å². The van der Waals surface area contributed by atoms with Crippen LogP contribution in [0.1, 0.15) is 11.1 Å². The molecule has 0 aliphatic carbocycles. The molecule has 5 nitrogen and oxygen atoms in total. The fourth-order valence-corrected chi connectivity index (χ4v) is 1.89. The molecule has 0 saturated heterocycles. The van der Waals surface area contributed by atoms with E-state index in [9.17, 15) is 4.79 Å². The first kappa shape index (κ1) is 13.4. The summed E-state index contributed by atoms with van der Waals surface area (Å²) in [7, 11) is 0. The van der Waals surface area contributed by atoms with Gasteiger partial charge in [-0.15, -0.1) is 0 Å². The molecule has 0 unspecified atom stereocenters.